The van der Waals surface area contributed by atoms with Gasteiger partial charge in [0.2, 0.25) is 0 Å². The number of benzene rings is 2. The van der Waals surface area contributed by atoms with Crippen molar-refractivity contribution in [2.45, 2.75) is 6.92 Å². The van der Waals surface area contributed by atoms with E-state index in [2.05, 4.69) is 17.2 Å². The molecule has 6 heteroatoms. The molecule has 0 fully saturated rings. The molecule has 0 saturated carbocycles. The SMILES string of the molecule is CC1C=C(NC(=O)c2cnc(N)c3cc(-c4cccc(F)c4)ccc23)C=CC1CN. The van der Waals surface area contributed by atoms with E-state index >= 15 is 0 Å². The second kappa shape index (κ2) is 8.08. The number of nitrogens with two attached hydrogens (primary N) is 2. The van der Waals surface area contributed by atoms with Gasteiger partial charge in [-0.2, -0.15) is 0 Å². The van der Waals surface area contributed by atoms with Gasteiger partial charge in [-0.3, -0.25) is 4.79 Å². The molecule has 1 aliphatic rings. The third-order valence-electron chi connectivity index (χ3n) is 5.49. The Morgan fingerprint density at radius 1 is 1.17 bits per heavy atom. The summed E-state index contributed by atoms with van der Waals surface area (Å²) in [6.07, 6.45) is 7.38. The van der Waals surface area contributed by atoms with Crippen molar-refractivity contribution in [3.8, 4) is 11.1 Å². The molecule has 1 aromatic heterocycles. The molecular formula is C24H23FN4O. The van der Waals surface area contributed by atoms with Crippen LogP contribution >= 0.6 is 0 Å². The predicted octanol–water partition coefficient (Wildman–Crippen LogP) is 4.02. The first-order valence-corrected chi connectivity index (χ1v) is 9.82. The van der Waals surface area contributed by atoms with Crippen LogP contribution in [-0.4, -0.2) is 17.4 Å². The number of amides is 1. The summed E-state index contributed by atoms with van der Waals surface area (Å²) >= 11 is 0. The molecule has 1 heterocycles. The number of hydrogen-bond acceptors (Lipinski definition) is 4. The van der Waals surface area contributed by atoms with E-state index in [1.54, 1.807) is 6.07 Å². The number of halogens is 1. The molecule has 0 spiro atoms. The van der Waals surface area contributed by atoms with E-state index in [4.69, 9.17) is 11.5 Å². The number of aromatic nitrogens is 1. The molecular weight excluding hydrogens is 379 g/mol. The first kappa shape index (κ1) is 19.8. The fourth-order valence-corrected chi connectivity index (χ4v) is 3.73. The highest BCUT2D eigenvalue weighted by Crippen LogP contribution is 2.29. The monoisotopic (exact) mass is 402 g/mol. The summed E-state index contributed by atoms with van der Waals surface area (Å²) in [4.78, 5) is 17.2. The van der Waals surface area contributed by atoms with E-state index in [9.17, 15) is 9.18 Å². The highest BCUT2D eigenvalue weighted by molar-refractivity contribution is 6.10. The van der Waals surface area contributed by atoms with Crippen LogP contribution in [0.25, 0.3) is 21.9 Å². The topological polar surface area (TPSA) is 94.0 Å². The average molecular weight is 402 g/mol. The molecule has 5 N–H and O–H groups in total. The van der Waals surface area contributed by atoms with Gasteiger partial charge >= 0.3 is 0 Å². The minimum Gasteiger partial charge on any atom is -0.383 e. The Balaban J connectivity index is 1.67. The van der Waals surface area contributed by atoms with Crippen LogP contribution in [0, 0.1) is 17.7 Å². The lowest BCUT2D eigenvalue weighted by Crippen LogP contribution is -2.27. The molecule has 1 aliphatic carbocycles. The normalized spacial score (nSPS) is 18.3. The van der Waals surface area contributed by atoms with Crippen LogP contribution in [0.4, 0.5) is 10.2 Å². The number of pyridine rings is 1. The molecule has 30 heavy (non-hydrogen) atoms. The Kier molecular flexibility index (Phi) is 5.33. The van der Waals surface area contributed by atoms with Gasteiger partial charge in [-0.05, 0) is 59.2 Å². The van der Waals surface area contributed by atoms with E-state index in [-0.39, 0.29) is 23.6 Å². The van der Waals surface area contributed by atoms with Gasteiger partial charge in [-0.1, -0.05) is 43.3 Å². The number of hydrogen-bond donors (Lipinski definition) is 3. The molecule has 0 radical (unpaired) electrons. The zero-order valence-electron chi connectivity index (χ0n) is 16.6. The van der Waals surface area contributed by atoms with Crippen LogP contribution in [0.3, 0.4) is 0 Å². The van der Waals surface area contributed by atoms with Crippen molar-refractivity contribution in [3.63, 3.8) is 0 Å². The fourth-order valence-electron chi connectivity index (χ4n) is 3.73. The van der Waals surface area contributed by atoms with Crippen molar-refractivity contribution in [2.24, 2.45) is 17.6 Å². The van der Waals surface area contributed by atoms with Crippen molar-refractivity contribution in [1.29, 1.82) is 0 Å². The van der Waals surface area contributed by atoms with Crippen LogP contribution in [0.1, 0.15) is 17.3 Å². The Morgan fingerprint density at radius 2 is 1.97 bits per heavy atom. The van der Waals surface area contributed by atoms with Gasteiger partial charge in [0.05, 0.1) is 5.56 Å². The summed E-state index contributed by atoms with van der Waals surface area (Å²) in [7, 11) is 0. The molecule has 0 bridgehead atoms. The Hall–Kier alpha value is -3.51. The summed E-state index contributed by atoms with van der Waals surface area (Å²) in [5, 5.41) is 4.28. The van der Waals surface area contributed by atoms with Crippen LogP contribution in [0.15, 0.2) is 72.6 Å². The lowest BCUT2D eigenvalue weighted by Gasteiger charge is -2.21. The number of anilines is 1. The molecule has 4 rings (SSSR count). The molecule has 3 aromatic rings. The zero-order valence-corrected chi connectivity index (χ0v) is 16.6. The number of allylic oxidation sites excluding steroid dienone is 2. The van der Waals surface area contributed by atoms with Gasteiger partial charge in [0.1, 0.15) is 11.6 Å². The number of nitrogen functional groups attached to an aromatic ring is 1. The Labute approximate surface area is 174 Å². The quantitative estimate of drug-likeness (QED) is 0.614. The predicted molar refractivity (Wildman–Crippen MR) is 118 cm³/mol. The van der Waals surface area contributed by atoms with Crippen molar-refractivity contribution >= 4 is 22.5 Å². The van der Waals surface area contributed by atoms with Crippen LogP contribution in [0.5, 0.6) is 0 Å². The zero-order chi connectivity index (χ0) is 21.3. The highest BCUT2D eigenvalue weighted by Gasteiger charge is 2.18. The third-order valence-corrected chi connectivity index (χ3v) is 5.49. The van der Waals surface area contributed by atoms with Gasteiger partial charge in [-0.25, -0.2) is 9.37 Å². The first-order valence-electron chi connectivity index (χ1n) is 9.82. The van der Waals surface area contributed by atoms with Gasteiger partial charge < -0.3 is 16.8 Å². The second-order valence-electron chi connectivity index (χ2n) is 7.52. The molecule has 1 amide bonds. The number of carbonyl (C=O) groups is 1. The number of fused-ring (bicyclic) bond motifs is 1. The smallest absolute Gasteiger partial charge is 0.257 e. The molecule has 0 aliphatic heterocycles. The number of carbonyl (C=O) groups excluding carboxylic acids is 1. The van der Waals surface area contributed by atoms with Gasteiger partial charge in [0.15, 0.2) is 0 Å². The maximum absolute atomic E-state index is 13.6. The minimum absolute atomic E-state index is 0.241. The maximum Gasteiger partial charge on any atom is 0.257 e. The second-order valence-corrected chi connectivity index (χ2v) is 7.52. The molecule has 152 valence electrons. The summed E-state index contributed by atoms with van der Waals surface area (Å²) in [5.41, 5.74) is 14.5. The molecule has 5 nitrogen and oxygen atoms in total. The van der Waals surface area contributed by atoms with E-state index in [1.807, 2.05) is 42.5 Å². The number of nitrogens with one attached hydrogen (secondary N) is 1. The average Bonchev–Trinajstić information content (AvgIpc) is 2.74. The lowest BCUT2D eigenvalue weighted by molar-refractivity contribution is 0.0968. The van der Waals surface area contributed by atoms with E-state index < -0.39 is 0 Å². The fraction of sp³-hybridized carbons (Fsp3) is 0.167. The van der Waals surface area contributed by atoms with Gasteiger partial charge in [0, 0.05) is 17.3 Å². The van der Waals surface area contributed by atoms with Crippen molar-refractivity contribution < 1.29 is 9.18 Å². The number of rotatable bonds is 4. The largest absolute Gasteiger partial charge is 0.383 e. The standard InChI is InChI=1S/C24H23FN4O/c1-14-9-19(7-5-17(14)12-26)29-24(30)22-13-28-23(27)21-11-16(6-8-20(21)22)15-3-2-4-18(25)10-15/h2-11,13-14,17H,12,26H2,1H3,(H2,27,28)(H,29,30). The maximum atomic E-state index is 13.6. The van der Waals surface area contributed by atoms with Crippen molar-refractivity contribution in [1.82, 2.24) is 10.3 Å². The summed E-state index contributed by atoms with van der Waals surface area (Å²) < 4.78 is 13.6. The Morgan fingerprint density at radius 3 is 2.70 bits per heavy atom. The van der Waals surface area contributed by atoms with Crippen LogP contribution < -0.4 is 16.8 Å². The summed E-state index contributed by atoms with van der Waals surface area (Å²) in [6.45, 7) is 2.64. The van der Waals surface area contributed by atoms with Crippen molar-refractivity contribution in [3.05, 3.63) is 84.0 Å². The van der Waals surface area contributed by atoms with Crippen LogP contribution in [0.2, 0.25) is 0 Å². The Bertz CT molecular complexity index is 1190. The van der Waals surface area contributed by atoms with E-state index in [0.29, 0.717) is 28.7 Å². The summed E-state index contributed by atoms with van der Waals surface area (Å²) in [5.74, 6) is 0.249. The third kappa shape index (κ3) is 3.82. The first-order chi connectivity index (χ1) is 14.5. The molecule has 0 saturated heterocycles. The van der Waals surface area contributed by atoms with Gasteiger partial charge in [0.25, 0.3) is 5.91 Å². The molecule has 2 unspecified atom stereocenters. The van der Waals surface area contributed by atoms with Gasteiger partial charge in [-0.15, -0.1) is 0 Å². The van der Waals surface area contributed by atoms with Crippen LogP contribution in [-0.2, 0) is 0 Å². The molecule has 2 aromatic carbocycles. The lowest BCUT2D eigenvalue weighted by atomic mass is 9.89. The van der Waals surface area contributed by atoms with E-state index in [1.165, 1.54) is 18.3 Å². The molecule has 2 atom stereocenters. The van der Waals surface area contributed by atoms with Crippen molar-refractivity contribution in [2.75, 3.05) is 12.3 Å². The number of nitrogens with zero attached hydrogens (tertiary/aromatic N) is 1. The minimum atomic E-state index is -0.313. The van der Waals surface area contributed by atoms with E-state index in [0.717, 1.165) is 16.8 Å². The summed E-state index contributed by atoms with van der Waals surface area (Å²) in [6, 6.07) is 11.8. The highest BCUT2D eigenvalue weighted by atomic mass is 19.1.